The number of halogens is 2. The Morgan fingerprint density at radius 1 is 1.04 bits per heavy atom. The molecular formula is C19H16F2N2O2. The van der Waals surface area contributed by atoms with Gasteiger partial charge in [0.1, 0.15) is 11.4 Å². The smallest absolute Gasteiger partial charge is 0.387 e. The van der Waals surface area contributed by atoms with Gasteiger partial charge in [-0.05, 0) is 36.8 Å². The van der Waals surface area contributed by atoms with Gasteiger partial charge in [0.2, 0.25) is 0 Å². The monoisotopic (exact) mass is 342 g/mol. The third-order valence-electron chi connectivity index (χ3n) is 3.78. The topological polar surface area (TPSA) is 51.2 Å². The Hall–Kier alpha value is -3.02. The zero-order valence-electron chi connectivity index (χ0n) is 13.4. The lowest BCUT2D eigenvalue weighted by atomic mass is 10.1. The van der Waals surface area contributed by atoms with E-state index in [0.717, 1.165) is 16.5 Å². The standard InChI is InChI=1S/C19H16F2N2O2/c1-12(13-6-9-15(10-7-13)25-19(20)21)22-18(24)17-11-8-14-4-2-3-5-16(14)23-17/h2-12,19H,1H3,(H,22,24). The summed E-state index contributed by atoms with van der Waals surface area (Å²) < 4.78 is 28.6. The molecule has 6 heteroatoms. The summed E-state index contributed by atoms with van der Waals surface area (Å²) in [6, 6.07) is 16.9. The molecule has 25 heavy (non-hydrogen) atoms. The fourth-order valence-electron chi connectivity index (χ4n) is 2.48. The van der Waals surface area contributed by atoms with Crippen LogP contribution in [0.4, 0.5) is 8.78 Å². The first-order valence-electron chi connectivity index (χ1n) is 7.74. The Balaban J connectivity index is 1.70. The maximum absolute atomic E-state index is 12.4. The van der Waals surface area contributed by atoms with Crippen LogP contribution in [0.3, 0.4) is 0 Å². The Kier molecular flexibility index (Phi) is 4.88. The van der Waals surface area contributed by atoms with E-state index in [-0.39, 0.29) is 17.7 Å². The summed E-state index contributed by atoms with van der Waals surface area (Å²) in [7, 11) is 0. The van der Waals surface area contributed by atoms with Crippen molar-refractivity contribution in [2.24, 2.45) is 0 Å². The maximum atomic E-state index is 12.4. The Labute approximate surface area is 143 Å². The van der Waals surface area contributed by atoms with Crippen LogP contribution in [0, 0.1) is 0 Å². The first-order valence-corrected chi connectivity index (χ1v) is 7.74. The van der Waals surface area contributed by atoms with Crippen LogP contribution in [0.25, 0.3) is 10.9 Å². The Morgan fingerprint density at radius 3 is 2.48 bits per heavy atom. The van der Waals surface area contributed by atoms with Gasteiger partial charge in [-0.25, -0.2) is 4.98 Å². The van der Waals surface area contributed by atoms with Crippen molar-refractivity contribution in [1.82, 2.24) is 10.3 Å². The highest BCUT2D eigenvalue weighted by molar-refractivity contribution is 5.95. The normalized spacial score (nSPS) is 12.2. The van der Waals surface area contributed by atoms with Gasteiger partial charge in [-0.15, -0.1) is 0 Å². The number of hydrogen-bond donors (Lipinski definition) is 1. The van der Waals surface area contributed by atoms with Gasteiger partial charge in [0.05, 0.1) is 11.6 Å². The van der Waals surface area contributed by atoms with Gasteiger partial charge >= 0.3 is 6.61 Å². The summed E-state index contributed by atoms with van der Waals surface area (Å²) in [6.45, 7) is -1.05. The van der Waals surface area contributed by atoms with E-state index in [4.69, 9.17) is 0 Å². The van der Waals surface area contributed by atoms with E-state index in [1.807, 2.05) is 37.3 Å². The molecule has 0 spiro atoms. The molecule has 0 saturated carbocycles. The number of carbonyl (C=O) groups excluding carboxylic acids is 1. The third kappa shape index (κ3) is 4.09. The first kappa shape index (κ1) is 16.8. The number of nitrogens with one attached hydrogen (secondary N) is 1. The van der Waals surface area contributed by atoms with Gasteiger partial charge in [-0.1, -0.05) is 36.4 Å². The molecule has 0 aliphatic rings. The maximum Gasteiger partial charge on any atom is 0.387 e. The second-order valence-electron chi connectivity index (χ2n) is 5.53. The van der Waals surface area contributed by atoms with Gasteiger partial charge < -0.3 is 10.1 Å². The fraction of sp³-hybridized carbons (Fsp3) is 0.158. The van der Waals surface area contributed by atoms with Crippen LogP contribution in [0.15, 0.2) is 60.7 Å². The van der Waals surface area contributed by atoms with Crippen LogP contribution in [0.2, 0.25) is 0 Å². The number of alkyl halides is 2. The molecule has 1 N–H and O–H groups in total. The number of aromatic nitrogens is 1. The SMILES string of the molecule is CC(NC(=O)c1ccc2ccccc2n1)c1ccc(OC(F)F)cc1. The minimum Gasteiger partial charge on any atom is -0.435 e. The molecule has 0 fully saturated rings. The average Bonchev–Trinajstić information content (AvgIpc) is 2.61. The summed E-state index contributed by atoms with van der Waals surface area (Å²) in [6.07, 6.45) is 0. The highest BCUT2D eigenvalue weighted by atomic mass is 19.3. The number of nitrogens with zero attached hydrogens (tertiary/aromatic N) is 1. The van der Waals surface area contributed by atoms with Crippen LogP contribution < -0.4 is 10.1 Å². The van der Waals surface area contributed by atoms with Crippen LogP contribution in [0.5, 0.6) is 5.75 Å². The molecule has 0 saturated heterocycles. The van der Waals surface area contributed by atoms with Crippen LogP contribution in [-0.4, -0.2) is 17.5 Å². The fourth-order valence-corrected chi connectivity index (χ4v) is 2.48. The van der Waals surface area contributed by atoms with Crippen molar-refractivity contribution in [3.8, 4) is 5.75 Å². The second-order valence-corrected chi connectivity index (χ2v) is 5.53. The van der Waals surface area contributed by atoms with Crippen molar-refractivity contribution < 1.29 is 18.3 Å². The van der Waals surface area contributed by atoms with Gasteiger partial charge in [0.15, 0.2) is 0 Å². The van der Waals surface area contributed by atoms with E-state index in [2.05, 4.69) is 15.0 Å². The van der Waals surface area contributed by atoms with Crippen molar-refractivity contribution in [3.05, 3.63) is 71.9 Å². The zero-order valence-corrected chi connectivity index (χ0v) is 13.4. The van der Waals surface area contributed by atoms with E-state index < -0.39 is 6.61 Å². The molecule has 4 nitrogen and oxygen atoms in total. The largest absolute Gasteiger partial charge is 0.435 e. The van der Waals surface area contributed by atoms with Crippen molar-refractivity contribution in [3.63, 3.8) is 0 Å². The molecule has 1 aromatic heterocycles. The van der Waals surface area contributed by atoms with Gasteiger partial charge in [0.25, 0.3) is 5.91 Å². The van der Waals surface area contributed by atoms with Crippen LogP contribution in [0.1, 0.15) is 29.0 Å². The number of carbonyl (C=O) groups is 1. The molecule has 1 heterocycles. The summed E-state index contributed by atoms with van der Waals surface area (Å²) in [5.41, 5.74) is 1.84. The summed E-state index contributed by atoms with van der Waals surface area (Å²) in [5, 5.41) is 3.81. The lowest BCUT2D eigenvalue weighted by Crippen LogP contribution is -2.27. The third-order valence-corrected chi connectivity index (χ3v) is 3.78. The number of amides is 1. The predicted molar refractivity (Wildman–Crippen MR) is 90.7 cm³/mol. The van der Waals surface area contributed by atoms with Gasteiger partial charge in [-0.3, -0.25) is 4.79 Å². The van der Waals surface area contributed by atoms with Gasteiger partial charge in [-0.2, -0.15) is 8.78 Å². The number of ether oxygens (including phenoxy) is 1. The van der Waals surface area contributed by atoms with E-state index in [1.165, 1.54) is 12.1 Å². The van der Waals surface area contributed by atoms with Crippen LogP contribution in [-0.2, 0) is 0 Å². The van der Waals surface area contributed by atoms with Crippen molar-refractivity contribution in [1.29, 1.82) is 0 Å². The number of rotatable bonds is 5. The predicted octanol–water partition coefficient (Wildman–Crippen LogP) is 4.33. The van der Waals surface area contributed by atoms with Crippen molar-refractivity contribution in [2.45, 2.75) is 19.6 Å². The lowest BCUT2D eigenvalue weighted by Gasteiger charge is -2.15. The molecule has 0 aliphatic carbocycles. The molecule has 1 unspecified atom stereocenters. The quantitative estimate of drug-likeness (QED) is 0.751. The van der Waals surface area contributed by atoms with E-state index >= 15 is 0 Å². The molecule has 0 aliphatic heterocycles. The molecule has 3 aromatic rings. The molecule has 0 bridgehead atoms. The van der Waals surface area contributed by atoms with Crippen molar-refractivity contribution >= 4 is 16.8 Å². The minimum atomic E-state index is -2.86. The number of pyridine rings is 1. The number of para-hydroxylation sites is 1. The van der Waals surface area contributed by atoms with Crippen molar-refractivity contribution in [2.75, 3.05) is 0 Å². The number of fused-ring (bicyclic) bond motifs is 1. The second kappa shape index (κ2) is 7.25. The molecule has 128 valence electrons. The lowest BCUT2D eigenvalue weighted by molar-refractivity contribution is -0.0498. The molecule has 2 aromatic carbocycles. The summed E-state index contributed by atoms with van der Waals surface area (Å²) in [4.78, 5) is 16.7. The highest BCUT2D eigenvalue weighted by Gasteiger charge is 2.13. The number of hydrogen-bond acceptors (Lipinski definition) is 3. The van der Waals surface area contributed by atoms with E-state index in [1.54, 1.807) is 18.2 Å². The van der Waals surface area contributed by atoms with Gasteiger partial charge in [0, 0.05) is 5.39 Å². The molecule has 1 amide bonds. The van der Waals surface area contributed by atoms with Crippen LogP contribution >= 0.6 is 0 Å². The molecular weight excluding hydrogens is 326 g/mol. The molecule has 0 radical (unpaired) electrons. The number of benzene rings is 2. The Bertz CT molecular complexity index is 882. The average molecular weight is 342 g/mol. The highest BCUT2D eigenvalue weighted by Crippen LogP contribution is 2.20. The first-order chi connectivity index (χ1) is 12.0. The van der Waals surface area contributed by atoms with E-state index in [9.17, 15) is 13.6 Å². The minimum absolute atomic E-state index is 0.0773. The molecule has 1 atom stereocenters. The molecule has 3 rings (SSSR count). The van der Waals surface area contributed by atoms with E-state index in [0.29, 0.717) is 5.69 Å². The Morgan fingerprint density at radius 2 is 1.76 bits per heavy atom. The summed E-state index contributed by atoms with van der Waals surface area (Å²) >= 11 is 0. The summed E-state index contributed by atoms with van der Waals surface area (Å²) in [5.74, 6) is -0.223. The zero-order chi connectivity index (χ0) is 17.8.